The SMILES string of the molecule is COc1cc(CN2CC3C(C2)C3(CO)CO)ccn1. The van der Waals surface area contributed by atoms with Gasteiger partial charge in [0.2, 0.25) is 5.88 Å². The summed E-state index contributed by atoms with van der Waals surface area (Å²) in [6.45, 7) is 3.00. The molecule has 5 heteroatoms. The number of likely N-dealkylation sites (tertiary alicyclic amines) is 1. The number of hydrogen-bond donors (Lipinski definition) is 2. The molecule has 1 aliphatic carbocycles. The molecule has 2 fully saturated rings. The maximum Gasteiger partial charge on any atom is 0.213 e. The standard InChI is InChI=1S/C14H20N2O3/c1-19-13-4-10(2-3-15-13)5-16-6-11-12(7-16)14(11,8-17)9-18/h2-4,11-12,17-18H,5-9H2,1H3. The van der Waals surface area contributed by atoms with Gasteiger partial charge in [-0.1, -0.05) is 0 Å². The Hall–Kier alpha value is -1.17. The molecule has 0 bridgehead atoms. The molecular formula is C14H20N2O3. The van der Waals surface area contributed by atoms with Crippen LogP contribution in [0, 0.1) is 17.3 Å². The van der Waals surface area contributed by atoms with Gasteiger partial charge in [-0.15, -0.1) is 0 Å². The van der Waals surface area contributed by atoms with Crippen LogP contribution in [0.25, 0.3) is 0 Å². The summed E-state index contributed by atoms with van der Waals surface area (Å²) in [4.78, 5) is 6.47. The number of piperidine rings is 1. The number of aromatic nitrogens is 1. The monoisotopic (exact) mass is 264 g/mol. The van der Waals surface area contributed by atoms with E-state index in [0.29, 0.717) is 17.7 Å². The molecule has 2 N–H and O–H groups in total. The molecule has 19 heavy (non-hydrogen) atoms. The highest BCUT2D eigenvalue weighted by molar-refractivity contribution is 5.22. The summed E-state index contributed by atoms with van der Waals surface area (Å²) < 4.78 is 5.12. The van der Waals surface area contributed by atoms with Crippen LogP contribution in [0.4, 0.5) is 0 Å². The fourth-order valence-electron chi connectivity index (χ4n) is 3.49. The van der Waals surface area contributed by atoms with Gasteiger partial charge in [0, 0.05) is 37.3 Å². The lowest BCUT2D eigenvalue weighted by atomic mass is 10.0. The number of ether oxygens (including phenoxy) is 1. The summed E-state index contributed by atoms with van der Waals surface area (Å²) in [6, 6.07) is 3.95. The van der Waals surface area contributed by atoms with Crippen LogP contribution in [0.5, 0.6) is 5.88 Å². The molecule has 1 aromatic rings. The number of hydrogen-bond acceptors (Lipinski definition) is 5. The summed E-state index contributed by atoms with van der Waals surface area (Å²) in [7, 11) is 1.62. The highest BCUT2D eigenvalue weighted by atomic mass is 16.5. The van der Waals surface area contributed by atoms with Gasteiger partial charge in [-0.25, -0.2) is 4.98 Å². The van der Waals surface area contributed by atoms with Gasteiger partial charge in [0.1, 0.15) is 0 Å². The average molecular weight is 264 g/mol. The molecule has 0 aromatic carbocycles. The first-order valence-corrected chi connectivity index (χ1v) is 6.66. The fourth-order valence-corrected chi connectivity index (χ4v) is 3.49. The van der Waals surface area contributed by atoms with E-state index in [1.807, 2.05) is 12.1 Å². The number of nitrogens with zero attached hydrogens (tertiary/aromatic N) is 2. The largest absolute Gasteiger partial charge is 0.481 e. The quantitative estimate of drug-likeness (QED) is 0.791. The van der Waals surface area contributed by atoms with Crippen LogP contribution in [-0.2, 0) is 6.54 Å². The highest BCUT2D eigenvalue weighted by Crippen LogP contribution is 2.62. The summed E-state index contributed by atoms with van der Waals surface area (Å²) in [5, 5.41) is 18.8. The van der Waals surface area contributed by atoms with Crippen LogP contribution < -0.4 is 4.74 Å². The maximum atomic E-state index is 9.40. The van der Waals surface area contributed by atoms with Crippen molar-refractivity contribution in [3.63, 3.8) is 0 Å². The van der Waals surface area contributed by atoms with Crippen molar-refractivity contribution in [1.82, 2.24) is 9.88 Å². The Morgan fingerprint density at radius 3 is 2.63 bits per heavy atom. The number of fused-ring (bicyclic) bond motifs is 1. The lowest BCUT2D eigenvalue weighted by Crippen LogP contribution is -2.31. The number of methoxy groups -OCH3 is 1. The molecule has 3 rings (SSSR count). The van der Waals surface area contributed by atoms with Crippen LogP contribution in [-0.4, -0.2) is 53.5 Å². The minimum Gasteiger partial charge on any atom is -0.481 e. The molecule has 2 atom stereocenters. The van der Waals surface area contributed by atoms with E-state index >= 15 is 0 Å². The maximum absolute atomic E-state index is 9.40. The van der Waals surface area contributed by atoms with E-state index in [0.717, 1.165) is 19.6 Å². The predicted octanol–water partition coefficient (Wildman–Crippen LogP) is 0.123. The van der Waals surface area contributed by atoms with Gasteiger partial charge in [-0.3, -0.25) is 4.90 Å². The molecule has 0 radical (unpaired) electrons. The zero-order chi connectivity index (χ0) is 13.5. The van der Waals surface area contributed by atoms with Gasteiger partial charge >= 0.3 is 0 Å². The molecule has 5 nitrogen and oxygen atoms in total. The van der Waals surface area contributed by atoms with Crippen molar-refractivity contribution >= 4 is 0 Å². The first kappa shape index (κ1) is 12.8. The molecule has 0 amide bonds. The first-order chi connectivity index (χ1) is 9.23. The third kappa shape index (κ3) is 2.02. The smallest absolute Gasteiger partial charge is 0.213 e. The number of aliphatic hydroxyl groups is 2. The van der Waals surface area contributed by atoms with Crippen LogP contribution >= 0.6 is 0 Å². The van der Waals surface area contributed by atoms with Crippen LogP contribution in [0.2, 0.25) is 0 Å². The Kier molecular flexibility index (Phi) is 3.20. The van der Waals surface area contributed by atoms with E-state index in [1.54, 1.807) is 13.3 Å². The van der Waals surface area contributed by atoms with Gasteiger partial charge in [0.25, 0.3) is 0 Å². The molecule has 2 unspecified atom stereocenters. The first-order valence-electron chi connectivity index (χ1n) is 6.66. The molecule has 104 valence electrons. The summed E-state index contributed by atoms with van der Waals surface area (Å²) >= 11 is 0. The Labute approximate surface area is 112 Å². The zero-order valence-corrected chi connectivity index (χ0v) is 11.1. The normalized spacial score (nSPS) is 28.2. The van der Waals surface area contributed by atoms with Crippen molar-refractivity contribution in [2.45, 2.75) is 6.54 Å². The summed E-state index contributed by atoms with van der Waals surface area (Å²) in [5.41, 5.74) is 0.985. The van der Waals surface area contributed by atoms with Crippen molar-refractivity contribution in [1.29, 1.82) is 0 Å². The van der Waals surface area contributed by atoms with Gasteiger partial charge < -0.3 is 14.9 Å². The van der Waals surface area contributed by atoms with Crippen molar-refractivity contribution in [2.75, 3.05) is 33.4 Å². The van der Waals surface area contributed by atoms with E-state index in [4.69, 9.17) is 4.74 Å². The molecule has 1 aliphatic heterocycles. The molecule has 1 saturated carbocycles. The molecule has 2 heterocycles. The van der Waals surface area contributed by atoms with Crippen molar-refractivity contribution in [2.24, 2.45) is 17.3 Å². The minimum absolute atomic E-state index is 0.107. The van der Waals surface area contributed by atoms with Gasteiger partial charge in [0.05, 0.1) is 20.3 Å². The van der Waals surface area contributed by atoms with Gasteiger partial charge in [0.15, 0.2) is 0 Å². The molecule has 1 saturated heterocycles. The van der Waals surface area contributed by atoms with E-state index in [-0.39, 0.29) is 18.6 Å². The average Bonchev–Trinajstić information content (AvgIpc) is 2.81. The van der Waals surface area contributed by atoms with E-state index < -0.39 is 0 Å². The Morgan fingerprint density at radius 1 is 1.37 bits per heavy atom. The second-order valence-corrected chi connectivity index (χ2v) is 5.66. The number of aliphatic hydroxyl groups excluding tert-OH is 2. The highest BCUT2D eigenvalue weighted by Gasteiger charge is 2.67. The van der Waals surface area contributed by atoms with Gasteiger partial charge in [-0.2, -0.15) is 0 Å². The van der Waals surface area contributed by atoms with E-state index in [2.05, 4.69) is 9.88 Å². The lowest BCUT2D eigenvalue weighted by Gasteiger charge is -2.24. The van der Waals surface area contributed by atoms with Crippen LogP contribution in [0.1, 0.15) is 5.56 Å². The fraction of sp³-hybridized carbons (Fsp3) is 0.643. The van der Waals surface area contributed by atoms with E-state index in [9.17, 15) is 10.2 Å². The molecule has 0 spiro atoms. The predicted molar refractivity (Wildman–Crippen MR) is 69.7 cm³/mol. The third-order valence-corrected chi connectivity index (χ3v) is 4.77. The zero-order valence-electron chi connectivity index (χ0n) is 11.1. The number of rotatable bonds is 5. The van der Waals surface area contributed by atoms with Crippen LogP contribution in [0.15, 0.2) is 18.3 Å². The second-order valence-electron chi connectivity index (χ2n) is 5.66. The topological polar surface area (TPSA) is 65.8 Å². The van der Waals surface area contributed by atoms with E-state index in [1.165, 1.54) is 5.56 Å². The Bertz CT molecular complexity index is 448. The third-order valence-electron chi connectivity index (χ3n) is 4.77. The van der Waals surface area contributed by atoms with Gasteiger partial charge in [-0.05, 0) is 23.5 Å². The molecular weight excluding hydrogens is 244 g/mol. The molecule has 1 aromatic heterocycles. The minimum atomic E-state index is -0.202. The lowest BCUT2D eigenvalue weighted by molar-refractivity contribution is 0.0868. The Balaban J connectivity index is 1.60. The Morgan fingerprint density at radius 2 is 2.05 bits per heavy atom. The summed E-state index contributed by atoms with van der Waals surface area (Å²) in [5.74, 6) is 1.54. The van der Waals surface area contributed by atoms with Crippen molar-refractivity contribution in [3.8, 4) is 5.88 Å². The van der Waals surface area contributed by atoms with Crippen LogP contribution in [0.3, 0.4) is 0 Å². The second kappa shape index (κ2) is 4.74. The van der Waals surface area contributed by atoms with Crippen molar-refractivity contribution < 1.29 is 14.9 Å². The number of pyridine rings is 1. The van der Waals surface area contributed by atoms with Crippen molar-refractivity contribution in [3.05, 3.63) is 23.9 Å². The summed E-state index contributed by atoms with van der Waals surface area (Å²) in [6.07, 6.45) is 1.76. The molecule has 2 aliphatic rings.